The Kier molecular flexibility index (Phi) is 0.842. The SMILES string of the molecule is CC(=O)C12CCC1CC2. The first-order valence-electron chi connectivity index (χ1n) is 3.77. The Morgan fingerprint density at radius 2 is 2.00 bits per heavy atom. The van der Waals surface area contributed by atoms with Crippen LogP contribution in [0.1, 0.15) is 32.6 Å². The molecule has 0 atom stereocenters. The van der Waals surface area contributed by atoms with Gasteiger partial charge in [-0.15, -0.1) is 0 Å². The van der Waals surface area contributed by atoms with Gasteiger partial charge in [-0.05, 0) is 38.5 Å². The van der Waals surface area contributed by atoms with E-state index in [1.807, 2.05) is 0 Å². The molecular formula is C8H12O. The van der Waals surface area contributed by atoms with Crippen molar-refractivity contribution in [1.82, 2.24) is 0 Å². The van der Waals surface area contributed by atoms with Gasteiger partial charge in [-0.1, -0.05) is 0 Å². The summed E-state index contributed by atoms with van der Waals surface area (Å²) in [5.41, 5.74) is 0.222. The number of carbonyl (C=O) groups excluding carboxylic acids is 1. The Morgan fingerprint density at radius 3 is 2.00 bits per heavy atom. The van der Waals surface area contributed by atoms with Crippen LogP contribution in [0.5, 0.6) is 0 Å². The highest BCUT2D eigenvalue weighted by atomic mass is 16.1. The largest absolute Gasteiger partial charge is 0.299 e. The Hall–Kier alpha value is -0.330. The molecule has 0 spiro atoms. The fourth-order valence-electron chi connectivity index (χ4n) is 2.30. The van der Waals surface area contributed by atoms with Crippen LogP contribution in [0.15, 0.2) is 0 Å². The predicted molar refractivity (Wildman–Crippen MR) is 35.1 cm³/mol. The number of ketones is 1. The summed E-state index contributed by atoms with van der Waals surface area (Å²) in [5, 5.41) is 0. The second-order valence-electron chi connectivity index (χ2n) is 3.49. The van der Waals surface area contributed by atoms with Crippen LogP contribution < -0.4 is 0 Å². The normalized spacial score (nSPS) is 46.6. The van der Waals surface area contributed by atoms with Gasteiger partial charge in [0.15, 0.2) is 0 Å². The fraction of sp³-hybridized carbons (Fsp3) is 0.875. The number of Topliss-reactive ketones (excluding diaryl/α,β-unsaturated/α-hetero) is 1. The van der Waals surface area contributed by atoms with E-state index in [-0.39, 0.29) is 5.41 Å². The molecule has 0 saturated heterocycles. The fourth-order valence-corrected chi connectivity index (χ4v) is 2.30. The van der Waals surface area contributed by atoms with Crippen molar-refractivity contribution >= 4 is 5.78 Å². The van der Waals surface area contributed by atoms with E-state index in [0.29, 0.717) is 5.78 Å². The van der Waals surface area contributed by atoms with Gasteiger partial charge in [0, 0.05) is 5.41 Å². The number of hydrogen-bond acceptors (Lipinski definition) is 1. The maximum absolute atomic E-state index is 11.0. The van der Waals surface area contributed by atoms with Crippen molar-refractivity contribution < 1.29 is 4.79 Å². The molecule has 1 nitrogen and oxygen atoms in total. The highest BCUT2D eigenvalue weighted by Crippen LogP contribution is 2.61. The number of carbonyl (C=O) groups is 1. The molecule has 9 heavy (non-hydrogen) atoms. The third kappa shape index (κ3) is 0.440. The molecular weight excluding hydrogens is 112 g/mol. The molecule has 2 saturated carbocycles. The second-order valence-corrected chi connectivity index (χ2v) is 3.49. The van der Waals surface area contributed by atoms with Crippen LogP contribution in [-0.4, -0.2) is 5.78 Å². The smallest absolute Gasteiger partial charge is 0.136 e. The van der Waals surface area contributed by atoms with Gasteiger partial charge >= 0.3 is 0 Å². The molecule has 0 aromatic rings. The summed E-state index contributed by atoms with van der Waals surface area (Å²) in [7, 11) is 0. The van der Waals surface area contributed by atoms with Crippen molar-refractivity contribution in [2.24, 2.45) is 11.3 Å². The molecule has 2 aliphatic carbocycles. The quantitative estimate of drug-likeness (QED) is 0.520. The molecule has 0 unspecified atom stereocenters. The number of rotatable bonds is 1. The van der Waals surface area contributed by atoms with Crippen molar-refractivity contribution in [2.45, 2.75) is 32.6 Å². The van der Waals surface area contributed by atoms with E-state index in [9.17, 15) is 4.79 Å². The lowest BCUT2D eigenvalue weighted by atomic mass is 9.46. The van der Waals surface area contributed by atoms with Gasteiger partial charge in [0.1, 0.15) is 5.78 Å². The van der Waals surface area contributed by atoms with E-state index in [1.165, 1.54) is 25.7 Å². The molecule has 0 aliphatic heterocycles. The molecule has 0 bridgehead atoms. The third-order valence-corrected chi connectivity index (χ3v) is 3.36. The van der Waals surface area contributed by atoms with Gasteiger partial charge in [-0.25, -0.2) is 0 Å². The Balaban J connectivity index is 2.16. The lowest BCUT2D eigenvalue weighted by molar-refractivity contribution is -0.151. The summed E-state index contributed by atoms with van der Waals surface area (Å²) in [6.07, 6.45) is 5.01. The van der Waals surface area contributed by atoms with E-state index in [0.717, 1.165) is 5.92 Å². The zero-order valence-electron chi connectivity index (χ0n) is 5.81. The van der Waals surface area contributed by atoms with Crippen LogP contribution in [0.2, 0.25) is 0 Å². The Bertz CT molecular complexity index is 152. The van der Waals surface area contributed by atoms with Crippen LogP contribution in [0.3, 0.4) is 0 Å². The highest BCUT2D eigenvalue weighted by Gasteiger charge is 2.56. The Labute approximate surface area is 55.4 Å². The average Bonchev–Trinajstić information content (AvgIpc) is 1.76. The molecule has 2 aliphatic rings. The molecule has 0 amide bonds. The van der Waals surface area contributed by atoms with Crippen LogP contribution in [0.25, 0.3) is 0 Å². The summed E-state index contributed by atoms with van der Waals surface area (Å²) in [6.45, 7) is 1.76. The second kappa shape index (κ2) is 1.39. The van der Waals surface area contributed by atoms with Gasteiger partial charge in [0.2, 0.25) is 0 Å². The van der Waals surface area contributed by atoms with E-state index >= 15 is 0 Å². The van der Waals surface area contributed by atoms with Gasteiger partial charge in [-0.3, -0.25) is 4.79 Å². The molecule has 0 aromatic heterocycles. The minimum Gasteiger partial charge on any atom is -0.299 e. The minimum atomic E-state index is 0.222. The first-order valence-corrected chi connectivity index (χ1v) is 3.77. The summed E-state index contributed by atoms with van der Waals surface area (Å²) in [6, 6.07) is 0. The lowest BCUT2D eigenvalue weighted by Crippen LogP contribution is -2.53. The summed E-state index contributed by atoms with van der Waals surface area (Å²) < 4.78 is 0. The molecule has 0 radical (unpaired) electrons. The molecule has 50 valence electrons. The van der Waals surface area contributed by atoms with Gasteiger partial charge in [0.05, 0.1) is 0 Å². The first-order chi connectivity index (χ1) is 4.26. The van der Waals surface area contributed by atoms with Gasteiger partial charge in [0.25, 0.3) is 0 Å². The van der Waals surface area contributed by atoms with E-state index in [4.69, 9.17) is 0 Å². The van der Waals surface area contributed by atoms with Crippen LogP contribution in [0.4, 0.5) is 0 Å². The molecule has 1 heteroatoms. The van der Waals surface area contributed by atoms with Crippen LogP contribution in [-0.2, 0) is 4.79 Å². The van der Waals surface area contributed by atoms with Crippen molar-refractivity contribution in [2.75, 3.05) is 0 Å². The zero-order chi connectivity index (χ0) is 6.48. The zero-order valence-corrected chi connectivity index (χ0v) is 5.81. The topological polar surface area (TPSA) is 17.1 Å². The van der Waals surface area contributed by atoms with Crippen LogP contribution in [0, 0.1) is 11.3 Å². The van der Waals surface area contributed by atoms with Gasteiger partial charge < -0.3 is 0 Å². The predicted octanol–water partition coefficient (Wildman–Crippen LogP) is 1.77. The number of hydrogen-bond donors (Lipinski definition) is 0. The Morgan fingerprint density at radius 1 is 1.44 bits per heavy atom. The summed E-state index contributed by atoms with van der Waals surface area (Å²) >= 11 is 0. The minimum absolute atomic E-state index is 0.222. The maximum Gasteiger partial charge on any atom is 0.136 e. The number of fused-ring (bicyclic) bond motifs is 1. The van der Waals surface area contributed by atoms with Gasteiger partial charge in [-0.2, -0.15) is 0 Å². The van der Waals surface area contributed by atoms with E-state index in [2.05, 4.69) is 0 Å². The standard InChI is InChI=1S/C8H12O/c1-6(9)8-4-2-7(8)3-5-8/h7H,2-5H2,1H3. The molecule has 0 aromatic carbocycles. The van der Waals surface area contributed by atoms with E-state index < -0.39 is 0 Å². The summed E-state index contributed by atoms with van der Waals surface area (Å²) in [4.78, 5) is 11.0. The first kappa shape index (κ1) is 5.45. The summed E-state index contributed by atoms with van der Waals surface area (Å²) in [5.74, 6) is 1.25. The molecule has 0 N–H and O–H groups in total. The maximum atomic E-state index is 11.0. The molecule has 2 fully saturated rings. The monoisotopic (exact) mass is 124 g/mol. The van der Waals surface area contributed by atoms with Crippen molar-refractivity contribution in [3.05, 3.63) is 0 Å². The van der Waals surface area contributed by atoms with Crippen molar-refractivity contribution in [1.29, 1.82) is 0 Å². The molecule has 2 rings (SSSR count). The third-order valence-electron chi connectivity index (χ3n) is 3.36. The van der Waals surface area contributed by atoms with Crippen LogP contribution >= 0.6 is 0 Å². The van der Waals surface area contributed by atoms with Crippen molar-refractivity contribution in [3.63, 3.8) is 0 Å². The van der Waals surface area contributed by atoms with Crippen molar-refractivity contribution in [3.8, 4) is 0 Å². The lowest BCUT2D eigenvalue weighted by Gasteiger charge is -2.57. The average molecular weight is 124 g/mol. The highest BCUT2D eigenvalue weighted by molar-refractivity contribution is 5.84. The van der Waals surface area contributed by atoms with E-state index in [1.54, 1.807) is 6.92 Å². The molecule has 0 heterocycles.